The molecule has 0 radical (unpaired) electrons. The highest BCUT2D eigenvalue weighted by Gasteiger charge is 2.30. The Kier molecular flexibility index (Phi) is 6.39. The molecule has 1 amide bonds. The Morgan fingerprint density at radius 1 is 1.48 bits per heavy atom. The second-order valence-electron chi connectivity index (χ2n) is 5.51. The van der Waals surface area contributed by atoms with Crippen LogP contribution in [-0.2, 0) is 4.79 Å². The Bertz CT molecular complexity index is 528. The fraction of sp³-hybridized carbons (Fsp3) is 0.400. The van der Waals surface area contributed by atoms with Crippen LogP contribution in [0.15, 0.2) is 34.8 Å². The minimum Gasteiger partial charge on any atom is -0.508 e. The van der Waals surface area contributed by atoms with E-state index >= 15 is 0 Å². The van der Waals surface area contributed by atoms with Gasteiger partial charge in [0.2, 0.25) is 0 Å². The number of aliphatic hydroxyl groups excluding tert-OH is 1. The molecule has 116 valence electrons. The van der Waals surface area contributed by atoms with Crippen LogP contribution in [0.25, 0.3) is 0 Å². The molecule has 1 aromatic carbocycles. The fourth-order valence-corrected chi connectivity index (χ4v) is 2.36. The van der Waals surface area contributed by atoms with E-state index in [1.807, 2.05) is 13.8 Å². The molecule has 0 aromatic heterocycles. The van der Waals surface area contributed by atoms with E-state index in [4.69, 9.17) is 5.21 Å². The number of allylic oxidation sites excluding steroid dienone is 1. The summed E-state index contributed by atoms with van der Waals surface area (Å²) in [5.74, 6) is -0.535. The van der Waals surface area contributed by atoms with Crippen LogP contribution < -0.4 is 5.48 Å². The van der Waals surface area contributed by atoms with Crippen LogP contribution in [0.2, 0.25) is 0 Å². The summed E-state index contributed by atoms with van der Waals surface area (Å²) in [7, 11) is 0. The standard InChI is InChI=1S/C15H20BrNO4/c1-15(2,8-4-3-5-13(19)17-21)14(20)11-9-10(16)6-7-12(11)18/h3,5-7,9,14,18,20-21H,4,8H2,1-2H3,(H,17,19)/b5-3+/t14-/m0/s1. The van der Waals surface area contributed by atoms with Gasteiger partial charge in [0.05, 0.1) is 6.10 Å². The van der Waals surface area contributed by atoms with Crippen LogP contribution >= 0.6 is 15.9 Å². The lowest BCUT2D eigenvalue weighted by Gasteiger charge is -2.31. The topological polar surface area (TPSA) is 89.8 Å². The van der Waals surface area contributed by atoms with Gasteiger partial charge in [-0.3, -0.25) is 10.0 Å². The zero-order chi connectivity index (χ0) is 16.0. The Hall–Kier alpha value is -1.37. The zero-order valence-electron chi connectivity index (χ0n) is 12.0. The van der Waals surface area contributed by atoms with Crippen LogP contribution in [0.4, 0.5) is 0 Å². The van der Waals surface area contributed by atoms with Crippen LogP contribution in [0.3, 0.4) is 0 Å². The molecule has 1 atom stereocenters. The maximum atomic E-state index is 10.8. The molecule has 0 saturated carbocycles. The molecule has 1 aromatic rings. The number of hydrogen-bond acceptors (Lipinski definition) is 4. The number of benzene rings is 1. The molecule has 0 aliphatic heterocycles. The van der Waals surface area contributed by atoms with Gasteiger partial charge in [-0.25, -0.2) is 5.48 Å². The second kappa shape index (κ2) is 7.59. The third-order valence-corrected chi connectivity index (χ3v) is 3.85. The first-order valence-corrected chi connectivity index (χ1v) is 7.34. The molecule has 4 N–H and O–H groups in total. The molecule has 0 bridgehead atoms. The molecule has 0 fully saturated rings. The summed E-state index contributed by atoms with van der Waals surface area (Å²) in [5.41, 5.74) is 1.49. The van der Waals surface area contributed by atoms with Crippen molar-refractivity contribution in [3.63, 3.8) is 0 Å². The number of phenols is 1. The van der Waals surface area contributed by atoms with Crippen molar-refractivity contribution >= 4 is 21.8 Å². The molecule has 5 nitrogen and oxygen atoms in total. The maximum absolute atomic E-state index is 10.8. The average Bonchev–Trinajstić information content (AvgIpc) is 2.45. The van der Waals surface area contributed by atoms with Gasteiger partial charge in [0.1, 0.15) is 5.75 Å². The molecule has 0 heterocycles. The van der Waals surface area contributed by atoms with Gasteiger partial charge in [-0.2, -0.15) is 0 Å². The van der Waals surface area contributed by atoms with Crippen molar-refractivity contribution in [3.05, 3.63) is 40.4 Å². The molecule has 21 heavy (non-hydrogen) atoms. The molecule has 0 aliphatic rings. The summed E-state index contributed by atoms with van der Waals surface area (Å²) in [5, 5.41) is 28.7. The molecule has 0 spiro atoms. The summed E-state index contributed by atoms with van der Waals surface area (Å²) in [6.45, 7) is 3.77. The van der Waals surface area contributed by atoms with E-state index in [0.717, 1.165) is 4.47 Å². The summed E-state index contributed by atoms with van der Waals surface area (Å²) in [4.78, 5) is 10.8. The third kappa shape index (κ3) is 5.15. The Balaban J connectivity index is 2.75. The van der Waals surface area contributed by atoms with E-state index in [1.165, 1.54) is 17.6 Å². The largest absolute Gasteiger partial charge is 0.508 e. The molecule has 0 unspecified atom stereocenters. The quantitative estimate of drug-likeness (QED) is 0.357. The highest BCUT2D eigenvalue weighted by atomic mass is 79.9. The number of aliphatic hydroxyl groups is 1. The fourth-order valence-electron chi connectivity index (χ4n) is 1.99. The zero-order valence-corrected chi connectivity index (χ0v) is 13.6. The van der Waals surface area contributed by atoms with E-state index in [2.05, 4.69) is 15.9 Å². The highest BCUT2D eigenvalue weighted by molar-refractivity contribution is 9.10. The molecular formula is C15H20BrNO4. The summed E-state index contributed by atoms with van der Waals surface area (Å²) in [6, 6.07) is 4.93. The van der Waals surface area contributed by atoms with Crippen molar-refractivity contribution in [2.75, 3.05) is 0 Å². The molecular weight excluding hydrogens is 338 g/mol. The Labute approximate surface area is 132 Å². The van der Waals surface area contributed by atoms with Gasteiger partial charge in [0, 0.05) is 16.1 Å². The van der Waals surface area contributed by atoms with Gasteiger partial charge in [-0.05, 0) is 36.5 Å². The van der Waals surface area contributed by atoms with Gasteiger partial charge < -0.3 is 10.2 Å². The summed E-state index contributed by atoms with van der Waals surface area (Å²) >= 11 is 3.32. The summed E-state index contributed by atoms with van der Waals surface area (Å²) < 4.78 is 0.782. The number of aromatic hydroxyl groups is 1. The first kappa shape index (κ1) is 17.7. The monoisotopic (exact) mass is 357 g/mol. The first-order chi connectivity index (χ1) is 9.77. The molecule has 6 heteroatoms. The van der Waals surface area contributed by atoms with Gasteiger partial charge in [0.15, 0.2) is 0 Å². The lowest BCUT2D eigenvalue weighted by Crippen LogP contribution is -2.22. The van der Waals surface area contributed by atoms with Crippen molar-refractivity contribution in [1.82, 2.24) is 5.48 Å². The Morgan fingerprint density at radius 3 is 2.76 bits per heavy atom. The predicted octanol–water partition coefficient (Wildman–Crippen LogP) is 3.06. The number of hydroxylamine groups is 1. The number of hydrogen-bond donors (Lipinski definition) is 4. The van der Waals surface area contributed by atoms with Crippen molar-refractivity contribution in [2.24, 2.45) is 5.41 Å². The number of nitrogens with one attached hydrogen (secondary N) is 1. The van der Waals surface area contributed by atoms with Gasteiger partial charge in [0.25, 0.3) is 5.91 Å². The SMILES string of the molecule is CC(C)(CC/C=C/C(=O)NO)[C@@H](O)c1cc(Br)ccc1O. The van der Waals surface area contributed by atoms with Gasteiger partial charge in [-0.1, -0.05) is 35.9 Å². The van der Waals surface area contributed by atoms with E-state index in [-0.39, 0.29) is 5.75 Å². The smallest absolute Gasteiger partial charge is 0.267 e. The van der Waals surface area contributed by atoms with Crippen LogP contribution in [0.5, 0.6) is 5.75 Å². The Morgan fingerprint density at radius 2 is 2.14 bits per heavy atom. The van der Waals surface area contributed by atoms with Crippen molar-refractivity contribution in [3.8, 4) is 5.75 Å². The van der Waals surface area contributed by atoms with Crippen molar-refractivity contribution in [1.29, 1.82) is 0 Å². The van der Waals surface area contributed by atoms with E-state index in [1.54, 1.807) is 18.2 Å². The van der Waals surface area contributed by atoms with E-state index in [9.17, 15) is 15.0 Å². The predicted molar refractivity (Wildman–Crippen MR) is 82.9 cm³/mol. The minimum atomic E-state index is -0.838. The lowest BCUT2D eigenvalue weighted by molar-refractivity contribution is -0.124. The van der Waals surface area contributed by atoms with E-state index < -0.39 is 17.4 Å². The number of amides is 1. The number of rotatable bonds is 6. The molecule has 0 aliphatic carbocycles. The van der Waals surface area contributed by atoms with Crippen LogP contribution in [0.1, 0.15) is 38.4 Å². The maximum Gasteiger partial charge on any atom is 0.267 e. The third-order valence-electron chi connectivity index (χ3n) is 3.36. The highest BCUT2D eigenvalue weighted by Crippen LogP contribution is 2.41. The number of halogens is 1. The number of carbonyl (C=O) groups is 1. The minimum absolute atomic E-state index is 0.0500. The molecule has 0 saturated heterocycles. The van der Waals surface area contributed by atoms with Crippen LogP contribution in [-0.4, -0.2) is 21.3 Å². The second-order valence-corrected chi connectivity index (χ2v) is 6.43. The molecule has 1 rings (SSSR count). The van der Waals surface area contributed by atoms with Crippen molar-refractivity contribution < 1.29 is 20.2 Å². The normalized spacial score (nSPS) is 13.4. The summed E-state index contributed by atoms with van der Waals surface area (Å²) in [6.07, 6.45) is 3.19. The average molecular weight is 358 g/mol. The lowest BCUT2D eigenvalue weighted by atomic mass is 9.78. The number of phenolic OH excluding ortho intramolecular Hbond substituents is 1. The van der Waals surface area contributed by atoms with Gasteiger partial charge >= 0.3 is 0 Å². The number of carbonyl (C=O) groups excluding carboxylic acids is 1. The van der Waals surface area contributed by atoms with Crippen LogP contribution in [0, 0.1) is 5.41 Å². The first-order valence-electron chi connectivity index (χ1n) is 6.55. The van der Waals surface area contributed by atoms with Crippen molar-refractivity contribution in [2.45, 2.75) is 32.8 Å². The van der Waals surface area contributed by atoms with E-state index in [0.29, 0.717) is 18.4 Å². The van der Waals surface area contributed by atoms with Gasteiger partial charge in [-0.15, -0.1) is 0 Å².